The minimum absolute atomic E-state index is 0.312. The van der Waals surface area contributed by atoms with Gasteiger partial charge >= 0.3 is 0 Å². The molecule has 114 valence electrons. The van der Waals surface area contributed by atoms with Crippen molar-refractivity contribution in [3.63, 3.8) is 0 Å². The van der Waals surface area contributed by atoms with Gasteiger partial charge in [0.05, 0.1) is 4.90 Å². The lowest BCUT2D eigenvalue weighted by molar-refractivity contribution is 0.466. The molecule has 7 heteroatoms. The number of pyridine rings is 1. The molecule has 0 radical (unpaired) electrons. The lowest BCUT2D eigenvalue weighted by atomic mass is 10.3. The van der Waals surface area contributed by atoms with Crippen molar-refractivity contribution in [1.29, 1.82) is 0 Å². The van der Waals surface area contributed by atoms with Crippen LogP contribution >= 0.6 is 11.3 Å². The first kappa shape index (κ1) is 16.1. The molecule has 5 nitrogen and oxygen atoms in total. The molecule has 1 N–H and O–H groups in total. The summed E-state index contributed by atoms with van der Waals surface area (Å²) in [6, 6.07) is 5.42. The Morgan fingerprint density at radius 2 is 2.19 bits per heavy atom. The quantitative estimate of drug-likeness (QED) is 0.882. The van der Waals surface area contributed by atoms with E-state index in [4.69, 9.17) is 0 Å². The highest BCUT2D eigenvalue weighted by atomic mass is 32.2. The number of aromatic nitrogens is 1. The van der Waals surface area contributed by atoms with Crippen molar-refractivity contribution in [1.82, 2.24) is 14.6 Å². The zero-order valence-corrected chi connectivity index (χ0v) is 14.0. The fourth-order valence-corrected chi connectivity index (χ4v) is 4.81. The highest BCUT2D eigenvalue weighted by Gasteiger charge is 2.25. The number of thiophene rings is 1. The molecule has 0 aliphatic carbocycles. The van der Waals surface area contributed by atoms with Crippen LogP contribution in [0.5, 0.6) is 0 Å². The number of sulfonamides is 1. The van der Waals surface area contributed by atoms with E-state index in [-0.39, 0.29) is 0 Å². The Bertz CT molecular complexity index is 696. The van der Waals surface area contributed by atoms with E-state index >= 15 is 0 Å². The molecule has 2 aromatic heterocycles. The van der Waals surface area contributed by atoms with Crippen LogP contribution in [-0.2, 0) is 23.1 Å². The first-order chi connectivity index (χ1) is 9.95. The van der Waals surface area contributed by atoms with Gasteiger partial charge in [0.1, 0.15) is 0 Å². The Morgan fingerprint density at radius 3 is 2.81 bits per heavy atom. The van der Waals surface area contributed by atoms with Gasteiger partial charge in [0.2, 0.25) is 10.0 Å². The van der Waals surface area contributed by atoms with Crippen molar-refractivity contribution in [3.8, 4) is 0 Å². The van der Waals surface area contributed by atoms with Crippen LogP contribution in [0.2, 0.25) is 0 Å². The van der Waals surface area contributed by atoms with E-state index in [1.54, 1.807) is 31.6 Å². The number of hydrogen-bond acceptors (Lipinski definition) is 5. The van der Waals surface area contributed by atoms with Gasteiger partial charge in [-0.1, -0.05) is 6.07 Å². The van der Waals surface area contributed by atoms with Gasteiger partial charge in [-0.25, -0.2) is 8.42 Å². The monoisotopic (exact) mass is 325 g/mol. The standard InChI is InChI=1S/C14H19N3O2S2/c1-11-14(7-13(20-11)9-15-2)21(18,19)17(3)10-12-5-4-6-16-8-12/h4-8,15H,9-10H2,1-3H3. The van der Waals surface area contributed by atoms with Gasteiger partial charge in [0.15, 0.2) is 0 Å². The van der Waals surface area contributed by atoms with E-state index in [1.807, 2.05) is 20.0 Å². The van der Waals surface area contributed by atoms with Gasteiger partial charge in [-0.15, -0.1) is 11.3 Å². The second-order valence-electron chi connectivity index (χ2n) is 4.79. The average Bonchev–Trinajstić information content (AvgIpc) is 2.82. The third-order valence-electron chi connectivity index (χ3n) is 3.09. The van der Waals surface area contributed by atoms with Gasteiger partial charge in [-0.3, -0.25) is 4.98 Å². The second-order valence-corrected chi connectivity index (χ2v) is 8.14. The smallest absolute Gasteiger partial charge is 0.244 e. The summed E-state index contributed by atoms with van der Waals surface area (Å²) in [4.78, 5) is 6.24. The normalized spacial score (nSPS) is 12.0. The molecule has 2 rings (SSSR count). The van der Waals surface area contributed by atoms with Crippen LogP contribution in [0.4, 0.5) is 0 Å². The van der Waals surface area contributed by atoms with E-state index in [0.717, 1.165) is 15.3 Å². The molecule has 0 aliphatic rings. The van der Waals surface area contributed by atoms with Crippen molar-refractivity contribution in [2.75, 3.05) is 14.1 Å². The molecule has 0 bridgehead atoms. The van der Waals surface area contributed by atoms with Crippen LogP contribution in [0.3, 0.4) is 0 Å². The molecule has 0 aliphatic heterocycles. The first-order valence-electron chi connectivity index (χ1n) is 6.54. The predicted molar refractivity (Wildman–Crippen MR) is 84.7 cm³/mol. The van der Waals surface area contributed by atoms with Crippen molar-refractivity contribution in [2.24, 2.45) is 0 Å². The lowest BCUT2D eigenvalue weighted by Crippen LogP contribution is -2.26. The fourth-order valence-electron chi connectivity index (χ4n) is 2.04. The van der Waals surface area contributed by atoms with Crippen LogP contribution in [-0.4, -0.2) is 31.8 Å². The highest BCUT2D eigenvalue weighted by molar-refractivity contribution is 7.89. The number of hydrogen-bond donors (Lipinski definition) is 1. The first-order valence-corrected chi connectivity index (χ1v) is 8.80. The number of nitrogens with zero attached hydrogens (tertiary/aromatic N) is 2. The van der Waals surface area contributed by atoms with Crippen molar-refractivity contribution < 1.29 is 8.42 Å². The van der Waals surface area contributed by atoms with Gasteiger partial charge in [0, 0.05) is 42.3 Å². The zero-order chi connectivity index (χ0) is 15.5. The topological polar surface area (TPSA) is 62.3 Å². The third kappa shape index (κ3) is 3.68. The molecule has 21 heavy (non-hydrogen) atoms. The number of rotatable bonds is 6. The lowest BCUT2D eigenvalue weighted by Gasteiger charge is -2.16. The largest absolute Gasteiger partial charge is 0.315 e. The van der Waals surface area contributed by atoms with Crippen molar-refractivity contribution in [2.45, 2.75) is 24.9 Å². The van der Waals surface area contributed by atoms with Gasteiger partial charge in [-0.2, -0.15) is 4.31 Å². The second kappa shape index (κ2) is 6.65. The molecular formula is C14H19N3O2S2. The summed E-state index contributed by atoms with van der Waals surface area (Å²) in [5, 5.41) is 3.04. The molecule has 0 fully saturated rings. The Balaban J connectivity index is 2.24. The van der Waals surface area contributed by atoms with Crippen LogP contribution < -0.4 is 5.32 Å². The number of aryl methyl sites for hydroxylation is 1. The molecule has 2 aromatic rings. The van der Waals surface area contributed by atoms with E-state index < -0.39 is 10.0 Å². The number of nitrogens with one attached hydrogen (secondary N) is 1. The van der Waals surface area contributed by atoms with Gasteiger partial charge in [0.25, 0.3) is 0 Å². The van der Waals surface area contributed by atoms with Crippen LogP contribution in [0.1, 0.15) is 15.3 Å². The predicted octanol–water partition coefficient (Wildman–Crippen LogP) is 1.99. The highest BCUT2D eigenvalue weighted by Crippen LogP contribution is 2.28. The Kier molecular flexibility index (Phi) is 5.10. The molecule has 0 unspecified atom stereocenters. The Hall–Kier alpha value is -1.28. The summed E-state index contributed by atoms with van der Waals surface area (Å²) >= 11 is 1.51. The summed E-state index contributed by atoms with van der Waals surface area (Å²) in [6.07, 6.45) is 3.35. The summed E-state index contributed by atoms with van der Waals surface area (Å²) in [6.45, 7) is 2.83. The summed E-state index contributed by atoms with van der Waals surface area (Å²) in [7, 11) is -0.0377. The van der Waals surface area contributed by atoms with E-state index in [9.17, 15) is 8.42 Å². The Morgan fingerprint density at radius 1 is 1.43 bits per heavy atom. The van der Waals surface area contributed by atoms with E-state index in [1.165, 1.54) is 15.6 Å². The Labute approximate surface area is 129 Å². The summed E-state index contributed by atoms with van der Waals surface area (Å²) in [5.41, 5.74) is 0.868. The van der Waals surface area contributed by atoms with Crippen LogP contribution in [0, 0.1) is 6.92 Å². The molecular weight excluding hydrogens is 306 g/mol. The van der Waals surface area contributed by atoms with Crippen molar-refractivity contribution >= 4 is 21.4 Å². The van der Waals surface area contributed by atoms with Crippen molar-refractivity contribution in [3.05, 3.63) is 45.9 Å². The molecule has 0 amide bonds. The summed E-state index contributed by atoms with van der Waals surface area (Å²) < 4.78 is 26.7. The van der Waals surface area contributed by atoms with Gasteiger partial charge in [-0.05, 0) is 31.7 Å². The molecule has 0 spiro atoms. The SMILES string of the molecule is CNCc1cc(S(=O)(=O)N(C)Cc2cccnc2)c(C)s1. The summed E-state index contributed by atoms with van der Waals surface area (Å²) in [5.74, 6) is 0. The fraction of sp³-hybridized carbons (Fsp3) is 0.357. The van der Waals surface area contributed by atoms with Gasteiger partial charge < -0.3 is 5.32 Å². The molecule has 2 heterocycles. The average molecular weight is 325 g/mol. The van der Waals surface area contributed by atoms with E-state index in [0.29, 0.717) is 18.0 Å². The maximum Gasteiger partial charge on any atom is 0.244 e. The van der Waals surface area contributed by atoms with Crippen LogP contribution in [0.15, 0.2) is 35.5 Å². The molecule has 0 aromatic carbocycles. The van der Waals surface area contributed by atoms with E-state index in [2.05, 4.69) is 10.3 Å². The zero-order valence-electron chi connectivity index (χ0n) is 12.3. The third-order valence-corrected chi connectivity index (χ3v) is 6.20. The maximum atomic E-state index is 12.7. The molecule has 0 saturated heterocycles. The maximum absolute atomic E-state index is 12.7. The molecule has 0 saturated carbocycles. The minimum Gasteiger partial charge on any atom is -0.315 e. The minimum atomic E-state index is -3.48. The van der Waals surface area contributed by atoms with Crippen LogP contribution in [0.25, 0.3) is 0 Å². The molecule has 0 atom stereocenters.